The van der Waals surface area contributed by atoms with Crippen molar-refractivity contribution in [3.63, 3.8) is 0 Å². The second-order valence-corrected chi connectivity index (χ2v) is 5.76. The Morgan fingerprint density at radius 1 is 1.21 bits per heavy atom. The lowest BCUT2D eigenvalue weighted by molar-refractivity contribution is 0.318. The number of phenolic OH excluding ortho intramolecular Hbond substituents is 1. The van der Waals surface area contributed by atoms with Gasteiger partial charge in [0.1, 0.15) is 5.75 Å². The predicted molar refractivity (Wildman–Crippen MR) is 85.3 cm³/mol. The minimum atomic E-state index is -0.164. The molecule has 4 heteroatoms. The fraction of sp³-hybridized carbons (Fsp3) is 0.600. The molecular formula is C15H27ClN2O. The quantitative estimate of drug-likeness (QED) is 0.887. The molecule has 0 amide bonds. The van der Waals surface area contributed by atoms with Gasteiger partial charge in [0.25, 0.3) is 0 Å². The third-order valence-electron chi connectivity index (χ3n) is 3.41. The maximum Gasteiger partial charge on any atom is 0.122 e. The fourth-order valence-electron chi connectivity index (χ4n) is 2.05. The van der Waals surface area contributed by atoms with Crippen LogP contribution in [-0.2, 0) is 0 Å². The van der Waals surface area contributed by atoms with Gasteiger partial charge in [0.2, 0.25) is 0 Å². The van der Waals surface area contributed by atoms with E-state index < -0.39 is 0 Å². The Kier molecular flexibility index (Phi) is 6.67. The van der Waals surface area contributed by atoms with Crippen molar-refractivity contribution in [1.29, 1.82) is 0 Å². The Hall–Kier alpha value is -0.930. The van der Waals surface area contributed by atoms with Crippen molar-refractivity contribution in [3.8, 4) is 5.75 Å². The van der Waals surface area contributed by atoms with Gasteiger partial charge in [-0.2, -0.15) is 0 Å². The summed E-state index contributed by atoms with van der Waals surface area (Å²) in [6, 6.07) is 5.63. The van der Waals surface area contributed by atoms with E-state index in [0.717, 1.165) is 24.3 Å². The number of hydrogen-bond donors (Lipinski definition) is 2. The molecule has 0 saturated heterocycles. The lowest BCUT2D eigenvalue weighted by Gasteiger charge is -2.29. The zero-order chi connectivity index (χ0) is 13.9. The minimum Gasteiger partial charge on any atom is -0.508 e. The van der Waals surface area contributed by atoms with Crippen LogP contribution in [0.3, 0.4) is 0 Å². The molecule has 3 nitrogen and oxygen atoms in total. The Labute approximate surface area is 123 Å². The highest BCUT2D eigenvalue weighted by Crippen LogP contribution is 2.36. The van der Waals surface area contributed by atoms with Crippen LogP contribution in [-0.4, -0.2) is 18.2 Å². The van der Waals surface area contributed by atoms with Gasteiger partial charge in [-0.3, -0.25) is 0 Å². The highest BCUT2D eigenvalue weighted by molar-refractivity contribution is 5.85. The third kappa shape index (κ3) is 4.29. The summed E-state index contributed by atoms with van der Waals surface area (Å²) in [5, 5.41) is 10.2. The lowest BCUT2D eigenvalue weighted by Crippen LogP contribution is -2.26. The van der Waals surface area contributed by atoms with E-state index in [1.54, 1.807) is 0 Å². The van der Waals surface area contributed by atoms with E-state index in [9.17, 15) is 5.11 Å². The summed E-state index contributed by atoms with van der Waals surface area (Å²) in [5.41, 5.74) is 7.99. The number of rotatable bonds is 4. The summed E-state index contributed by atoms with van der Waals surface area (Å²) in [4.78, 5) is 2.20. The first-order valence-electron chi connectivity index (χ1n) is 6.64. The largest absolute Gasteiger partial charge is 0.508 e. The molecule has 0 fully saturated rings. The fourth-order valence-corrected chi connectivity index (χ4v) is 2.05. The van der Waals surface area contributed by atoms with Gasteiger partial charge in [-0.05, 0) is 25.3 Å². The molecule has 0 aliphatic rings. The van der Waals surface area contributed by atoms with Crippen molar-refractivity contribution in [2.75, 3.05) is 18.0 Å². The standard InChI is InChI=1S/C15H26N2O.ClH/c1-6-17(7-2)11-8-9-12(13(18)10-11)14(16)15(3,4)5;/h8-10,14,18H,6-7,16H2,1-5H3;1H/t14-;/m0./s1. The van der Waals surface area contributed by atoms with Crippen LogP contribution in [0.1, 0.15) is 46.2 Å². The molecular weight excluding hydrogens is 260 g/mol. The molecule has 0 saturated carbocycles. The van der Waals surface area contributed by atoms with E-state index in [4.69, 9.17) is 5.73 Å². The summed E-state index contributed by atoms with van der Waals surface area (Å²) in [6.07, 6.45) is 0. The van der Waals surface area contributed by atoms with Crippen LogP contribution >= 0.6 is 12.4 Å². The SMILES string of the molecule is CCN(CC)c1ccc([C@H](N)C(C)(C)C)c(O)c1.Cl. The van der Waals surface area contributed by atoms with Gasteiger partial charge in [0.05, 0.1) is 0 Å². The monoisotopic (exact) mass is 286 g/mol. The molecule has 1 atom stereocenters. The second-order valence-electron chi connectivity index (χ2n) is 5.76. The van der Waals surface area contributed by atoms with E-state index in [1.165, 1.54) is 0 Å². The van der Waals surface area contributed by atoms with Crippen LogP contribution in [0.4, 0.5) is 5.69 Å². The molecule has 0 radical (unpaired) electrons. The number of anilines is 1. The van der Waals surface area contributed by atoms with Crippen LogP contribution in [0.15, 0.2) is 18.2 Å². The summed E-state index contributed by atoms with van der Waals surface area (Å²) < 4.78 is 0. The topological polar surface area (TPSA) is 49.5 Å². The van der Waals surface area contributed by atoms with Crippen molar-refractivity contribution in [2.24, 2.45) is 11.1 Å². The molecule has 0 heterocycles. The van der Waals surface area contributed by atoms with E-state index in [2.05, 4.69) is 39.5 Å². The van der Waals surface area contributed by atoms with Crippen LogP contribution in [0.25, 0.3) is 0 Å². The maximum atomic E-state index is 10.2. The van der Waals surface area contributed by atoms with Crippen molar-refractivity contribution >= 4 is 18.1 Å². The number of nitrogens with zero attached hydrogens (tertiary/aromatic N) is 1. The van der Waals surface area contributed by atoms with E-state index in [-0.39, 0.29) is 23.9 Å². The molecule has 110 valence electrons. The van der Waals surface area contributed by atoms with Crippen LogP contribution in [0.5, 0.6) is 5.75 Å². The van der Waals surface area contributed by atoms with Gasteiger partial charge < -0.3 is 15.7 Å². The zero-order valence-corrected chi connectivity index (χ0v) is 13.4. The van der Waals surface area contributed by atoms with E-state index >= 15 is 0 Å². The van der Waals surface area contributed by atoms with Gasteiger partial charge in [-0.15, -0.1) is 12.4 Å². The molecule has 3 N–H and O–H groups in total. The summed E-state index contributed by atoms with van der Waals surface area (Å²) in [7, 11) is 0. The molecule has 1 aromatic rings. The molecule has 0 aromatic heterocycles. The Morgan fingerprint density at radius 2 is 1.74 bits per heavy atom. The average Bonchev–Trinajstić information content (AvgIpc) is 2.29. The predicted octanol–water partition coefficient (Wildman–Crippen LogP) is 3.71. The van der Waals surface area contributed by atoms with Gasteiger partial charge in [0.15, 0.2) is 0 Å². The van der Waals surface area contributed by atoms with Crippen molar-refractivity contribution < 1.29 is 5.11 Å². The van der Waals surface area contributed by atoms with Gasteiger partial charge in [-0.1, -0.05) is 26.8 Å². The summed E-state index contributed by atoms with van der Waals surface area (Å²) in [5.74, 6) is 0.293. The molecule has 0 bridgehead atoms. The van der Waals surface area contributed by atoms with Crippen LogP contribution in [0.2, 0.25) is 0 Å². The highest BCUT2D eigenvalue weighted by atomic mass is 35.5. The average molecular weight is 287 g/mol. The molecule has 0 unspecified atom stereocenters. The number of halogens is 1. The molecule has 1 aromatic carbocycles. The molecule has 1 rings (SSSR count). The number of nitrogens with two attached hydrogens (primary N) is 1. The number of aromatic hydroxyl groups is 1. The van der Waals surface area contributed by atoms with Gasteiger partial charge >= 0.3 is 0 Å². The van der Waals surface area contributed by atoms with Crippen LogP contribution in [0, 0.1) is 5.41 Å². The number of hydrogen-bond acceptors (Lipinski definition) is 3. The highest BCUT2D eigenvalue weighted by Gasteiger charge is 2.24. The van der Waals surface area contributed by atoms with Crippen LogP contribution < -0.4 is 10.6 Å². The Bertz CT molecular complexity index is 398. The van der Waals surface area contributed by atoms with Crippen molar-refractivity contribution in [1.82, 2.24) is 0 Å². The molecule has 0 spiro atoms. The molecule has 19 heavy (non-hydrogen) atoms. The first-order chi connectivity index (χ1) is 8.31. The number of benzene rings is 1. The maximum absolute atomic E-state index is 10.2. The van der Waals surface area contributed by atoms with Gasteiger partial charge in [0, 0.05) is 36.4 Å². The van der Waals surface area contributed by atoms with Crippen molar-refractivity contribution in [3.05, 3.63) is 23.8 Å². The molecule has 0 aliphatic heterocycles. The summed E-state index contributed by atoms with van der Waals surface area (Å²) in [6.45, 7) is 12.3. The van der Waals surface area contributed by atoms with Gasteiger partial charge in [-0.25, -0.2) is 0 Å². The summed E-state index contributed by atoms with van der Waals surface area (Å²) >= 11 is 0. The Morgan fingerprint density at radius 3 is 2.11 bits per heavy atom. The zero-order valence-electron chi connectivity index (χ0n) is 12.6. The van der Waals surface area contributed by atoms with Crippen molar-refractivity contribution in [2.45, 2.75) is 40.7 Å². The smallest absolute Gasteiger partial charge is 0.122 e. The van der Waals surface area contributed by atoms with E-state index in [0.29, 0.717) is 5.75 Å². The van der Waals surface area contributed by atoms with E-state index in [1.807, 2.05) is 18.2 Å². The first-order valence-corrected chi connectivity index (χ1v) is 6.64. The lowest BCUT2D eigenvalue weighted by atomic mass is 9.82. The Balaban J connectivity index is 0.00000324. The number of phenols is 1. The third-order valence-corrected chi connectivity index (χ3v) is 3.41. The normalized spacial score (nSPS) is 12.7. The minimum absolute atomic E-state index is 0. The first kappa shape index (κ1) is 18.1. The molecule has 0 aliphatic carbocycles. The second kappa shape index (κ2) is 7.01.